The number of carboxylic acids is 1. The van der Waals surface area contributed by atoms with Gasteiger partial charge in [-0.1, -0.05) is 209 Å². The number of carboxylic acid groups (broad SMARTS) is 1. The van der Waals surface area contributed by atoms with Crippen LogP contribution in [0.25, 0.3) is 0 Å². The molecule has 0 aromatic carbocycles. The van der Waals surface area contributed by atoms with Crippen LogP contribution < -0.4 is 0 Å². The van der Waals surface area contributed by atoms with Crippen molar-refractivity contribution in [1.29, 1.82) is 0 Å². The van der Waals surface area contributed by atoms with Crippen LogP contribution >= 0.6 is 0 Å². The van der Waals surface area contributed by atoms with Gasteiger partial charge in [0, 0.05) is 19.3 Å². The molecule has 0 aromatic heterocycles. The summed E-state index contributed by atoms with van der Waals surface area (Å²) in [5.74, 6) is -1.57. The summed E-state index contributed by atoms with van der Waals surface area (Å²) in [5, 5.41) is 9.64. The van der Waals surface area contributed by atoms with Crippen LogP contribution in [0.4, 0.5) is 0 Å². The summed E-state index contributed by atoms with van der Waals surface area (Å²) in [6.07, 6.45) is 55.8. The number of esters is 2. The number of rotatable bonds is 45. The molecule has 2 atom stereocenters. The molecule has 8 nitrogen and oxygen atoms in total. The van der Waals surface area contributed by atoms with Crippen LogP contribution in [0.3, 0.4) is 0 Å². The standard InChI is InChI=1S/C54H95NO7/c1-6-8-10-12-14-16-18-20-22-24-25-26-27-28-29-31-33-35-37-39-41-43-45-53(57)62-50(48-60-47-46-51(54(58)59)55(3,4)5)49-61-52(56)44-42-40-38-36-34-32-30-23-21-19-17-15-13-11-9-7-2/h9,11,15,17,21,23,32,34,38,40,50-51H,6-8,10,12-14,16,18-20,22,24-31,33,35-37,39,41-49H2,1-5H3/p+1/b11-9+,17-15+,23-21+,34-32+,40-38+. The molecule has 0 saturated carbocycles. The lowest BCUT2D eigenvalue weighted by Gasteiger charge is -2.31. The van der Waals surface area contributed by atoms with E-state index in [9.17, 15) is 19.5 Å². The van der Waals surface area contributed by atoms with Gasteiger partial charge in [-0.25, -0.2) is 4.79 Å². The van der Waals surface area contributed by atoms with Crippen molar-refractivity contribution in [2.75, 3.05) is 41.0 Å². The second-order valence-corrected chi connectivity index (χ2v) is 18.1. The fourth-order valence-electron chi connectivity index (χ4n) is 7.32. The third-order valence-corrected chi connectivity index (χ3v) is 11.2. The van der Waals surface area contributed by atoms with E-state index in [1.807, 2.05) is 33.3 Å². The van der Waals surface area contributed by atoms with Crippen LogP contribution in [0.15, 0.2) is 60.8 Å². The molecule has 0 aliphatic carbocycles. The monoisotopic (exact) mass is 871 g/mol. The second-order valence-electron chi connectivity index (χ2n) is 18.1. The summed E-state index contributed by atoms with van der Waals surface area (Å²) in [6.45, 7) is 4.57. The van der Waals surface area contributed by atoms with Gasteiger partial charge in [0.2, 0.25) is 0 Å². The van der Waals surface area contributed by atoms with E-state index < -0.39 is 18.1 Å². The molecule has 0 fully saturated rings. The number of carbonyl (C=O) groups is 3. The zero-order valence-corrected chi connectivity index (χ0v) is 40.8. The maximum Gasteiger partial charge on any atom is 0.362 e. The number of hydrogen-bond donors (Lipinski definition) is 1. The van der Waals surface area contributed by atoms with E-state index in [0.717, 1.165) is 51.4 Å². The molecule has 1 N–H and O–H groups in total. The van der Waals surface area contributed by atoms with Gasteiger partial charge in [0.15, 0.2) is 12.1 Å². The molecule has 62 heavy (non-hydrogen) atoms. The number of ether oxygens (including phenoxy) is 3. The van der Waals surface area contributed by atoms with Gasteiger partial charge in [-0.05, 0) is 44.9 Å². The average molecular weight is 871 g/mol. The number of hydrogen-bond acceptors (Lipinski definition) is 6. The highest BCUT2D eigenvalue weighted by Gasteiger charge is 2.31. The highest BCUT2D eigenvalue weighted by Crippen LogP contribution is 2.16. The highest BCUT2D eigenvalue weighted by atomic mass is 16.6. The van der Waals surface area contributed by atoms with Gasteiger partial charge < -0.3 is 23.8 Å². The van der Waals surface area contributed by atoms with E-state index >= 15 is 0 Å². The molecule has 0 spiro atoms. The lowest BCUT2D eigenvalue weighted by molar-refractivity contribution is -0.887. The van der Waals surface area contributed by atoms with Gasteiger partial charge in [-0.3, -0.25) is 9.59 Å². The molecule has 0 heterocycles. The van der Waals surface area contributed by atoms with E-state index in [-0.39, 0.29) is 42.7 Å². The highest BCUT2D eigenvalue weighted by molar-refractivity contribution is 5.72. The molecule has 0 radical (unpaired) electrons. The van der Waals surface area contributed by atoms with Crippen molar-refractivity contribution >= 4 is 17.9 Å². The van der Waals surface area contributed by atoms with Crippen molar-refractivity contribution in [3.05, 3.63) is 60.8 Å². The van der Waals surface area contributed by atoms with E-state index in [4.69, 9.17) is 14.2 Å². The molecule has 358 valence electrons. The third-order valence-electron chi connectivity index (χ3n) is 11.2. The first kappa shape index (κ1) is 59.0. The number of aliphatic carboxylic acids is 1. The Hall–Kier alpha value is -2.97. The van der Waals surface area contributed by atoms with Crippen LogP contribution in [0.2, 0.25) is 0 Å². The summed E-state index contributed by atoms with van der Waals surface area (Å²) >= 11 is 0. The zero-order valence-electron chi connectivity index (χ0n) is 40.8. The van der Waals surface area contributed by atoms with E-state index in [0.29, 0.717) is 19.3 Å². The molecule has 0 saturated heterocycles. The summed E-state index contributed by atoms with van der Waals surface area (Å²) < 4.78 is 17.3. The predicted octanol–water partition coefficient (Wildman–Crippen LogP) is 14.5. The Labute approximate surface area is 381 Å². The molecular weight excluding hydrogens is 775 g/mol. The maximum atomic E-state index is 12.8. The first-order valence-electron chi connectivity index (χ1n) is 25.3. The largest absolute Gasteiger partial charge is 0.477 e. The van der Waals surface area contributed by atoms with Crippen LogP contribution in [0.1, 0.15) is 213 Å². The molecular formula is C54H96NO7+. The number of quaternary nitrogens is 1. The first-order chi connectivity index (χ1) is 30.1. The van der Waals surface area contributed by atoms with E-state index in [1.165, 1.54) is 122 Å². The Morgan fingerprint density at radius 1 is 0.500 bits per heavy atom. The molecule has 0 amide bonds. The zero-order chi connectivity index (χ0) is 45.6. The van der Waals surface area contributed by atoms with Gasteiger partial charge in [0.05, 0.1) is 34.4 Å². The lowest BCUT2D eigenvalue weighted by atomic mass is 10.0. The quantitative estimate of drug-likeness (QED) is 0.0282. The van der Waals surface area contributed by atoms with Gasteiger partial charge >= 0.3 is 17.9 Å². The molecule has 0 aliphatic rings. The Morgan fingerprint density at radius 3 is 1.31 bits per heavy atom. The third kappa shape index (κ3) is 42.3. The summed E-state index contributed by atoms with van der Waals surface area (Å²) in [6, 6.07) is -0.626. The molecule has 2 unspecified atom stereocenters. The van der Waals surface area contributed by atoms with Gasteiger partial charge in [-0.15, -0.1) is 0 Å². The summed E-state index contributed by atoms with van der Waals surface area (Å²) in [7, 11) is 5.51. The van der Waals surface area contributed by atoms with Crippen LogP contribution in [0.5, 0.6) is 0 Å². The van der Waals surface area contributed by atoms with E-state index in [1.54, 1.807) is 0 Å². The van der Waals surface area contributed by atoms with Crippen molar-refractivity contribution < 1.29 is 38.2 Å². The predicted molar refractivity (Wildman–Crippen MR) is 261 cm³/mol. The minimum Gasteiger partial charge on any atom is -0.477 e. The molecule has 0 aromatic rings. The average Bonchev–Trinajstić information content (AvgIpc) is 3.23. The second kappa shape index (κ2) is 44.6. The van der Waals surface area contributed by atoms with Crippen molar-refractivity contribution in [3.8, 4) is 0 Å². The first-order valence-corrected chi connectivity index (χ1v) is 25.3. The topological polar surface area (TPSA) is 99.1 Å². The van der Waals surface area contributed by atoms with Crippen molar-refractivity contribution in [1.82, 2.24) is 0 Å². The van der Waals surface area contributed by atoms with Gasteiger partial charge in [0.25, 0.3) is 0 Å². The van der Waals surface area contributed by atoms with Crippen LogP contribution in [-0.4, -0.2) is 80.6 Å². The number of allylic oxidation sites excluding steroid dienone is 10. The van der Waals surface area contributed by atoms with Gasteiger partial charge in [0.1, 0.15) is 6.61 Å². The number of nitrogens with zero attached hydrogens (tertiary/aromatic N) is 1. The molecule has 8 heteroatoms. The van der Waals surface area contributed by atoms with Crippen LogP contribution in [0, 0.1) is 0 Å². The maximum absolute atomic E-state index is 12.8. The van der Waals surface area contributed by atoms with Crippen molar-refractivity contribution in [2.45, 2.75) is 225 Å². The number of likely N-dealkylation sites (N-methyl/N-ethyl adjacent to an activating group) is 1. The fraction of sp³-hybridized carbons (Fsp3) is 0.759. The number of unbranched alkanes of at least 4 members (excludes halogenated alkanes) is 21. The lowest BCUT2D eigenvalue weighted by Crippen LogP contribution is -2.50. The smallest absolute Gasteiger partial charge is 0.362 e. The Balaban J connectivity index is 4.29. The Bertz CT molecular complexity index is 1200. The Morgan fingerprint density at radius 2 is 0.903 bits per heavy atom. The Kier molecular flexibility index (Phi) is 42.5. The van der Waals surface area contributed by atoms with Crippen LogP contribution in [-0.2, 0) is 28.6 Å². The molecule has 0 rings (SSSR count). The SMILES string of the molecule is CC/C=C/C/C=C/C/C=C/C/C=C/C/C=C/CCC(=O)OCC(COCCC(C(=O)O)[N+](C)(C)C)OC(=O)CCCCCCCCCCCCCCCCCCCCCCCC. The van der Waals surface area contributed by atoms with Gasteiger partial charge in [-0.2, -0.15) is 0 Å². The van der Waals surface area contributed by atoms with Crippen molar-refractivity contribution in [3.63, 3.8) is 0 Å². The fourth-order valence-corrected chi connectivity index (χ4v) is 7.32. The normalized spacial score (nSPS) is 13.4. The molecule has 0 aliphatic heterocycles. The minimum absolute atomic E-state index is 0.0383. The number of carbonyl (C=O) groups excluding carboxylic acids is 2. The minimum atomic E-state index is -0.884. The molecule has 0 bridgehead atoms. The van der Waals surface area contributed by atoms with Crippen molar-refractivity contribution in [2.24, 2.45) is 0 Å². The van der Waals surface area contributed by atoms with E-state index in [2.05, 4.69) is 62.5 Å². The summed E-state index contributed by atoms with van der Waals surface area (Å²) in [5.41, 5.74) is 0. The summed E-state index contributed by atoms with van der Waals surface area (Å²) in [4.78, 5) is 37.1.